The van der Waals surface area contributed by atoms with Gasteiger partial charge in [0.15, 0.2) is 23.2 Å². The highest BCUT2D eigenvalue weighted by molar-refractivity contribution is 7.72. The molecular formula is C18H30N5O3P. The van der Waals surface area contributed by atoms with Gasteiger partial charge in [-0.05, 0) is 32.3 Å². The van der Waals surface area contributed by atoms with Crippen molar-refractivity contribution in [2.75, 3.05) is 31.4 Å². The number of nitrogens with one attached hydrogen (secondary N) is 1. The molecule has 2 unspecified atom stereocenters. The molecule has 0 bridgehead atoms. The zero-order chi connectivity index (χ0) is 19.6. The first-order valence-corrected chi connectivity index (χ1v) is 12.5. The second kappa shape index (κ2) is 8.27. The van der Waals surface area contributed by atoms with E-state index in [1.165, 1.54) is 6.33 Å². The minimum Gasteiger partial charge on any atom is -0.388 e. The van der Waals surface area contributed by atoms with E-state index in [1.807, 2.05) is 0 Å². The summed E-state index contributed by atoms with van der Waals surface area (Å²) in [6.45, 7) is 6.01. The number of aromatic nitrogens is 4. The minimum absolute atomic E-state index is 0.424. The van der Waals surface area contributed by atoms with Crippen molar-refractivity contribution < 1.29 is 14.9 Å². The van der Waals surface area contributed by atoms with Crippen LogP contribution in [0.15, 0.2) is 12.7 Å². The Morgan fingerprint density at radius 2 is 2.04 bits per heavy atom. The van der Waals surface area contributed by atoms with E-state index in [0.29, 0.717) is 23.4 Å². The molecule has 0 saturated carbocycles. The zero-order valence-corrected chi connectivity index (χ0v) is 17.1. The van der Waals surface area contributed by atoms with E-state index in [4.69, 9.17) is 4.74 Å². The number of rotatable bonds is 8. The lowest BCUT2D eigenvalue weighted by molar-refractivity contribution is -0.0353. The summed E-state index contributed by atoms with van der Waals surface area (Å²) in [5.74, 6) is 0.667. The van der Waals surface area contributed by atoms with Crippen LogP contribution in [-0.4, -0.2) is 80.4 Å². The van der Waals surface area contributed by atoms with Crippen LogP contribution in [0.2, 0.25) is 0 Å². The molecule has 1 aliphatic heterocycles. The van der Waals surface area contributed by atoms with E-state index in [1.54, 1.807) is 10.9 Å². The van der Waals surface area contributed by atoms with Gasteiger partial charge in [-0.3, -0.25) is 4.57 Å². The summed E-state index contributed by atoms with van der Waals surface area (Å²) in [6, 6.07) is 0. The summed E-state index contributed by atoms with van der Waals surface area (Å²) in [4.78, 5) is 13.0. The van der Waals surface area contributed by atoms with E-state index in [-0.39, 0.29) is 0 Å². The van der Waals surface area contributed by atoms with Gasteiger partial charge in [0.25, 0.3) is 0 Å². The van der Waals surface area contributed by atoms with E-state index < -0.39 is 31.4 Å². The summed E-state index contributed by atoms with van der Waals surface area (Å²) in [6.07, 6.45) is 7.82. The van der Waals surface area contributed by atoms with Gasteiger partial charge in [-0.2, -0.15) is 0 Å². The van der Waals surface area contributed by atoms with Gasteiger partial charge in [0.1, 0.15) is 18.5 Å². The van der Waals surface area contributed by atoms with Crippen molar-refractivity contribution in [3.05, 3.63) is 12.7 Å². The second-order valence-corrected chi connectivity index (χ2v) is 12.1. The maximum absolute atomic E-state index is 10.5. The maximum Gasteiger partial charge on any atom is 0.167 e. The molecule has 8 nitrogen and oxygen atoms in total. The number of nitrogens with zero attached hydrogens (tertiary/aromatic N) is 4. The Morgan fingerprint density at radius 3 is 2.74 bits per heavy atom. The first kappa shape index (κ1) is 20.3. The quantitative estimate of drug-likeness (QED) is 0.462. The van der Waals surface area contributed by atoms with Gasteiger partial charge < -0.3 is 20.3 Å². The summed E-state index contributed by atoms with van der Waals surface area (Å²) < 4.78 is 7.69. The van der Waals surface area contributed by atoms with Gasteiger partial charge >= 0.3 is 0 Å². The molecule has 0 amide bonds. The lowest BCUT2D eigenvalue weighted by Gasteiger charge is -2.18. The molecule has 2 aromatic rings. The molecule has 0 spiro atoms. The third-order valence-electron chi connectivity index (χ3n) is 4.81. The first-order chi connectivity index (χ1) is 12.8. The van der Waals surface area contributed by atoms with Gasteiger partial charge in [-0.25, -0.2) is 15.0 Å². The van der Waals surface area contributed by atoms with Crippen molar-refractivity contribution in [3.8, 4) is 0 Å². The number of aliphatic hydroxyl groups excluding tert-OH is 2. The molecule has 3 rings (SSSR count). The van der Waals surface area contributed by atoms with Crippen LogP contribution >= 0.6 is 6.89 Å². The van der Waals surface area contributed by atoms with E-state index in [2.05, 4.69) is 46.8 Å². The summed E-state index contributed by atoms with van der Waals surface area (Å²) >= 11 is 0. The number of ether oxygens (including phenoxy) is 1. The van der Waals surface area contributed by atoms with Crippen LogP contribution in [-0.2, 0) is 4.74 Å². The molecule has 4 atom stereocenters. The van der Waals surface area contributed by atoms with E-state index in [9.17, 15) is 10.2 Å². The molecule has 1 aliphatic rings. The van der Waals surface area contributed by atoms with Gasteiger partial charge in [0.05, 0.1) is 12.4 Å². The normalized spacial score (nSPS) is 26.0. The Labute approximate surface area is 160 Å². The molecule has 3 N–H and O–H groups in total. The Bertz CT molecular complexity index is 820. The van der Waals surface area contributed by atoms with Gasteiger partial charge in [0.2, 0.25) is 0 Å². The number of aliphatic hydroxyl groups is 2. The smallest absolute Gasteiger partial charge is 0.167 e. The molecule has 150 valence electrons. The molecule has 0 aliphatic carbocycles. The molecular weight excluding hydrogens is 365 g/mol. The van der Waals surface area contributed by atoms with Crippen LogP contribution in [0.25, 0.3) is 11.2 Å². The third kappa shape index (κ3) is 4.51. The summed E-state index contributed by atoms with van der Waals surface area (Å²) in [5.41, 5.74) is 1.21. The number of unbranched alkanes of at least 4 members (excludes halogenated alkanes) is 1. The molecule has 27 heavy (non-hydrogen) atoms. The van der Waals surface area contributed by atoms with Crippen molar-refractivity contribution in [3.63, 3.8) is 0 Å². The number of hydrogen-bond donors (Lipinski definition) is 3. The average Bonchev–Trinajstić information content (AvgIpc) is 3.16. The molecule has 9 heteroatoms. The zero-order valence-electron chi connectivity index (χ0n) is 16.2. The Morgan fingerprint density at radius 1 is 1.26 bits per heavy atom. The summed E-state index contributed by atoms with van der Waals surface area (Å²) in [5, 5.41) is 24.2. The predicted octanol–water partition coefficient (Wildman–Crippen LogP) is 1.76. The highest BCUT2D eigenvalue weighted by atomic mass is 31.2. The largest absolute Gasteiger partial charge is 0.388 e. The highest BCUT2D eigenvalue weighted by Crippen LogP contribution is 2.40. The van der Waals surface area contributed by atoms with Crippen LogP contribution in [0.1, 0.15) is 32.4 Å². The topological polar surface area (TPSA) is 105 Å². The SMILES string of the molecule is C=P(C)(C)CCC1OC(n2cnc3c(NCCCC)ncnc32)[C@H](O)[C@@H]1O. The number of imidazole rings is 1. The maximum atomic E-state index is 10.5. The lowest BCUT2D eigenvalue weighted by Crippen LogP contribution is -2.31. The highest BCUT2D eigenvalue weighted by Gasteiger charge is 2.44. The third-order valence-corrected chi connectivity index (χ3v) is 6.28. The van der Waals surface area contributed by atoms with Crippen LogP contribution in [0, 0.1) is 0 Å². The van der Waals surface area contributed by atoms with Gasteiger partial charge in [-0.1, -0.05) is 13.3 Å². The van der Waals surface area contributed by atoms with Crippen molar-refractivity contribution in [2.24, 2.45) is 0 Å². The van der Waals surface area contributed by atoms with Crippen molar-refractivity contribution in [1.29, 1.82) is 0 Å². The van der Waals surface area contributed by atoms with Crippen LogP contribution < -0.4 is 5.32 Å². The van der Waals surface area contributed by atoms with Crippen LogP contribution in [0.5, 0.6) is 0 Å². The molecule has 1 fully saturated rings. The molecule has 3 heterocycles. The standard InChI is InChI=1S/C18H30N5O3P/c1-5-6-8-19-16-13-17(21-10-20-16)23(11-22-13)18-15(25)14(24)12(26-18)7-9-27(2,3)4/h10-12,14-15,18,24-25H,2,5-9H2,1,3-4H3,(H,19,20,21)/t12?,14-,15-,18?/m1/s1. The monoisotopic (exact) mass is 395 g/mol. The second-order valence-electron chi connectivity index (χ2n) is 7.82. The average molecular weight is 395 g/mol. The number of hydrogen-bond acceptors (Lipinski definition) is 7. The van der Waals surface area contributed by atoms with Crippen molar-refractivity contribution in [2.45, 2.75) is 50.7 Å². The fourth-order valence-electron chi connectivity index (χ4n) is 3.23. The Hall–Kier alpha value is -1.47. The summed E-state index contributed by atoms with van der Waals surface area (Å²) in [7, 11) is 0. The predicted molar refractivity (Wildman–Crippen MR) is 110 cm³/mol. The van der Waals surface area contributed by atoms with E-state index in [0.717, 1.165) is 25.5 Å². The minimum atomic E-state index is -1.22. The fourth-order valence-corrected chi connectivity index (χ4v) is 4.18. The van der Waals surface area contributed by atoms with Crippen LogP contribution in [0.4, 0.5) is 5.82 Å². The number of fused-ring (bicyclic) bond motifs is 1. The lowest BCUT2D eigenvalue weighted by atomic mass is 10.1. The molecule has 0 radical (unpaired) electrons. The molecule has 2 aromatic heterocycles. The van der Waals surface area contributed by atoms with Gasteiger partial charge in [-0.15, -0.1) is 13.2 Å². The van der Waals surface area contributed by atoms with Crippen molar-refractivity contribution in [1.82, 2.24) is 19.5 Å². The number of anilines is 1. The first-order valence-electron chi connectivity index (χ1n) is 9.42. The Kier molecular flexibility index (Phi) is 6.21. The fraction of sp³-hybridized carbons (Fsp3) is 0.667. The molecule has 0 aromatic carbocycles. The van der Waals surface area contributed by atoms with Crippen molar-refractivity contribution >= 4 is 30.2 Å². The van der Waals surface area contributed by atoms with Gasteiger partial charge in [0, 0.05) is 6.54 Å². The van der Waals surface area contributed by atoms with Crippen LogP contribution in [0.3, 0.4) is 0 Å². The Balaban J connectivity index is 1.80. The van der Waals surface area contributed by atoms with E-state index >= 15 is 0 Å². The molecule has 1 saturated heterocycles.